The van der Waals surface area contributed by atoms with Crippen LogP contribution in [0.5, 0.6) is 0 Å². The van der Waals surface area contributed by atoms with E-state index in [1.807, 2.05) is 0 Å². The lowest BCUT2D eigenvalue weighted by Gasteiger charge is -2.28. The molecule has 0 heterocycles. The molecule has 1 aliphatic rings. The zero-order valence-corrected chi connectivity index (χ0v) is 11.6. The number of aliphatic hydroxyl groups excluding tert-OH is 1. The third-order valence-electron chi connectivity index (χ3n) is 3.34. The van der Waals surface area contributed by atoms with Crippen LogP contribution in [0.4, 0.5) is 0 Å². The van der Waals surface area contributed by atoms with Crippen molar-refractivity contribution in [3.63, 3.8) is 0 Å². The average Bonchev–Trinajstić information content (AvgIpc) is 2.26. The van der Waals surface area contributed by atoms with Crippen molar-refractivity contribution in [2.45, 2.75) is 58.6 Å². The molecule has 1 rings (SSSR count). The second-order valence-corrected chi connectivity index (χ2v) is 5.96. The highest BCUT2D eigenvalue weighted by Gasteiger charge is 2.19. The summed E-state index contributed by atoms with van der Waals surface area (Å²) < 4.78 is 5.43. The summed E-state index contributed by atoms with van der Waals surface area (Å²) in [6.07, 6.45) is 4.81. The van der Waals surface area contributed by atoms with Crippen LogP contribution in [0.25, 0.3) is 0 Å². The minimum absolute atomic E-state index is 0.369. The summed E-state index contributed by atoms with van der Waals surface area (Å²) >= 11 is 0. The van der Waals surface area contributed by atoms with Crippen LogP contribution in [0.2, 0.25) is 0 Å². The smallest absolute Gasteiger partial charge is 0.0897 e. The minimum atomic E-state index is -0.369. The van der Waals surface area contributed by atoms with Gasteiger partial charge < -0.3 is 15.2 Å². The molecule has 0 spiro atoms. The number of rotatable bonds is 7. The Morgan fingerprint density at radius 2 is 2.06 bits per heavy atom. The Morgan fingerprint density at radius 1 is 1.29 bits per heavy atom. The van der Waals surface area contributed by atoms with Gasteiger partial charge in [-0.3, -0.25) is 0 Å². The van der Waals surface area contributed by atoms with E-state index in [0.29, 0.717) is 25.1 Å². The van der Waals surface area contributed by atoms with Gasteiger partial charge in [0, 0.05) is 19.2 Å². The predicted molar refractivity (Wildman–Crippen MR) is 71.1 cm³/mol. The van der Waals surface area contributed by atoms with Gasteiger partial charge in [-0.15, -0.1) is 0 Å². The van der Waals surface area contributed by atoms with Crippen molar-refractivity contribution in [3.05, 3.63) is 0 Å². The van der Waals surface area contributed by atoms with Crippen LogP contribution in [-0.2, 0) is 4.74 Å². The summed E-state index contributed by atoms with van der Waals surface area (Å²) in [5.74, 6) is 1.37. The minimum Gasteiger partial charge on any atom is -0.389 e. The quantitative estimate of drug-likeness (QED) is 0.720. The van der Waals surface area contributed by atoms with Crippen molar-refractivity contribution >= 4 is 0 Å². The molecule has 3 atom stereocenters. The van der Waals surface area contributed by atoms with Gasteiger partial charge in [0.15, 0.2) is 0 Å². The van der Waals surface area contributed by atoms with Crippen molar-refractivity contribution in [1.82, 2.24) is 5.32 Å². The lowest BCUT2D eigenvalue weighted by molar-refractivity contribution is 0.0241. The van der Waals surface area contributed by atoms with E-state index in [2.05, 4.69) is 26.1 Å². The molecule has 1 saturated carbocycles. The maximum Gasteiger partial charge on any atom is 0.0897 e. The maximum absolute atomic E-state index is 9.77. The molecule has 1 aliphatic carbocycles. The molecule has 0 bridgehead atoms. The van der Waals surface area contributed by atoms with E-state index in [9.17, 15) is 5.11 Å². The Hall–Kier alpha value is -0.120. The van der Waals surface area contributed by atoms with Gasteiger partial charge in [0.1, 0.15) is 0 Å². The van der Waals surface area contributed by atoms with Gasteiger partial charge >= 0.3 is 0 Å². The first-order chi connectivity index (χ1) is 8.08. The van der Waals surface area contributed by atoms with E-state index >= 15 is 0 Å². The SMILES string of the molecule is CC(C)COCC(O)CNC1CCCC(C)C1. The molecule has 0 aromatic heterocycles. The molecule has 0 saturated heterocycles. The van der Waals surface area contributed by atoms with Gasteiger partial charge in [0.2, 0.25) is 0 Å². The summed E-state index contributed by atoms with van der Waals surface area (Å²) in [5, 5.41) is 13.2. The zero-order valence-electron chi connectivity index (χ0n) is 11.6. The molecular formula is C14H29NO2. The molecule has 0 amide bonds. The molecule has 0 aromatic rings. The second-order valence-electron chi connectivity index (χ2n) is 5.96. The van der Waals surface area contributed by atoms with Crippen LogP contribution in [0, 0.1) is 11.8 Å². The van der Waals surface area contributed by atoms with Crippen LogP contribution in [-0.4, -0.2) is 37.0 Å². The van der Waals surface area contributed by atoms with Gasteiger partial charge in [-0.25, -0.2) is 0 Å². The van der Waals surface area contributed by atoms with Gasteiger partial charge in [-0.2, -0.15) is 0 Å². The molecule has 0 aromatic carbocycles. The Morgan fingerprint density at radius 3 is 2.71 bits per heavy atom. The van der Waals surface area contributed by atoms with Crippen LogP contribution in [0.1, 0.15) is 46.5 Å². The maximum atomic E-state index is 9.77. The molecule has 3 nitrogen and oxygen atoms in total. The molecular weight excluding hydrogens is 214 g/mol. The van der Waals surface area contributed by atoms with Crippen molar-refractivity contribution in [2.24, 2.45) is 11.8 Å². The molecule has 0 radical (unpaired) electrons. The van der Waals surface area contributed by atoms with Crippen LogP contribution < -0.4 is 5.32 Å². The Labute approximate surface area is 106 Å². The van der Waals surface area contributed by atoms with E-state index in [1.54, 1.807) is 0 Å². The van der Waals surface area contributed by atoms with E-state index in [4.69, 9.17) is 4.74 Å². The highest BCUT2D eigenvalue weighted by Crippen LogP contribution is 2.23. The van der Waals surface area contributed by atoms with E-state index in [1.165, 1.54) is 25.7 Å². The third kappa shape index (κ3) is 7.02. The monoisotopic (exact) mass is 243 g/mol. The Bertz CT molecular complexity index is 197. The molecule has 0 aliphatic heterocycles. The number of nitrogens with one attached hydrogen (secondary N) is 1. The molecule has 102 valence electrons. The molecule has 3 unspecified atom stereocenters. The van der Waals surface area contributed by atoms with Gasteiger partial charge in [-0.1, -0.05) is 33.6 Å². The second kappa shape index (κ2) is 8.06. The highest BCUT2D eigenvalue weighted by molar-refractivity contribution is 4.76. The van der Waals surface area contributed by atoms with Crippen LogP contribution in [0.3, 0.4) is 0 Å². The fourth-order valence-electron chi connectivity index (χ4n) is 2.42. The number of hydrogen-bond acceptors (Lipinski definition) is 3. The van der Waals surface area contributed by atoms with Crippen molar-refractivity contribution in [3.8, 4) is 0 Å². The normalized spacial score (nSPS) is 27.4. The van der Waals surface area contributed by atoms with Gasteiger partial charge in [-0.05, 0) is 24.7 Å². The van der Waals surface area contributed by atoms with E-state index < -0.39 is 0 Å². The standard InChI is InChI=1S/C14H29NO2/c1-11(2)9-17-10-14(16)8-15-13-6-4-5-12(3)7-13/h11-16H,4-10H2,1-3H3. The van der Waals surface area contributed by atoms with Crippen molar-refractivity contribution < 1.29 is 9.84 Å². The van der Waals surface area contributed by atoms with Crippen molar-refractivity contribution in [1.29, 1.82) is 0 Å². The van der Waals surface area contributed by atoms with E-state index in [-0.39, 0.29) is 6.10 Å². The summed E-state index contributed by atoms with van der Waals surface area (Å²) in [6, 6.07) is 0.596. The topological polar surface area (TPSA) is 41.5 Å². The Kier molecular flexibility index (Phi) is 7.09. The lowest BCUT2D eigenvalue weighted by atomic mass is 9.87. The van der Waals surface area contributed by atoms with Crippen LogP contribution >= 0.6 is 0 Å². The fraction of sp³-hybridized carbons (Fsp3) is 1.00. The molecule has 3 heteroatoms. The Balaban J connectivity index is 2.04. The van der Waals surface area contributed by atoms with Crippen LogP contribution in [0.15, 0.2) is 0 Å². The van der Waals surface area contributed by atoms with Gasteiger partial charge in [0.25, 0.3) is 0 Å². The van der Waals surface area contributed by atoms with Crippen molar-refractivity contribution in [2.75, 3.05) is 19.8 Å². The predicted octanol–water partition coefficient (Wildman–Crippen LogP) is 2.19. The zero-order chi connectivity index (χ0) is 12.7. The molecule has 1 fully saturated rings. The number of ether oxygens (including phenoxy) is 1. The van der Waals surface area contributed by atoms with E-state index in [0.717, 1.165) is 12.5 Å². The largest absolute Gasteiger partial charge is 0.389 e. The first kappa shape index (κ1) is 14.9. The summed E-state index contributed by atoms with van der Waals surface area (Å²) in [6.45, 7) is 8.40. The fourth-order valence-corrected chi connectivity index (χ4v) is 2.42. The summed E-state index contributed by atoms with van der Waals surface area (Å²) in [5.41, 5.74) is 0. The van der Waals surface area contributed by atoms with Gasteiger partial charge in [0.05, 0.1) is 12.7 Å². The first-order valence-corrected chi connectivity index (χ1v) is 7.07. The molecule has 2 N–H and O–H groups in total. The number of hydrogen-bond donors (Lipinski definition) is 2. The third-order valence-corrected chi connectivity index (χ3v) is 3.34. The summed E-state index contributed by atoms with van der Waals surface area (Å²) in [7, 11) is 0. The molecule has 17 heavy (non-hydrogen) atoms. The lowest BCUT2D eigenvalue weighted by Crippen LogP contribution is -2.39. The average molecular weight is 243 g/mol. The first-order valence-electron chi connectivity index (χ1n) is 7.07. The number of aliphatic hydroxyl groups is 1. The summed E-state index contributed by atoms with van der Waals surface area (Å²) in [4.78, 5) is 0. The highest BCUT2D eigenvalue weighted by atomic mass is 16.5.